The van der Waals surface area contributed by atoms with Gasteiger partial charge in [0.15, 0.2) is 0 Å². The van der Waals surface area contributed by atoms with Gasteiger partial charge >= 0.3 is 12.1 Å². The van der Waals surface area contributed by atoms with Crippen LogP contribution in [0.25, 0.3) is 0 Å². The number of hydrogen-bond donors (Lipinski definition) is 2. The van der Waals surface area contributed by atoms with Crippen molar-refractivity contribution >= 4 is 18.0 Å². The van der Waals surface area contributed by atoms with Crippen LogP contribution >= 0.6 is 0 Å². The third-order valence-electron chi connectivity index (χ3n) is 6.19. The van der Waals surface area contributed by atoms with Gasteiger partial charge in [-0.2, -0.15) is 0 Å². The van der Waals surface area contributed by atoms with Crippen molar-refractivity contribution in [2.45, 2.75) is 32.2 Å². The number of esters is 1. The Hall–Kier alpha value is -5.12. The van der Waals surface area contributed by atoms with Crippen molar-refractivity contribution < 1.29 is 28.6 Å². The highest BCUT2D eigenvalue weighted by Gasteiger charge is 2.29. The lowest BCUT2D eigenvalue weighted by molar-refractivity contribution is -0.148. The van der Waals surface area contributed by atoms with Crippen molar-refractivity contribution in [3.63, 3.8) is 0 Å². The molecule has 3 aromatic carbocycles. The highest BCUT2D eigenvalue weighted by atomic mass is 16.5. The van der Waals surface area contributed by atoms with Crippen molar-refractivity contribution in [2.75, 3.05) is 13.7 Å². The average molecular weight is 557 g/mol. The maximum atomic E-state index is 13.8. The highest BCUT2D eigenvalue weighted by Crippen LogP contribution is 2.17. The molecule has 1 atom stereocenters. The van der Waals surface area contributed by atoms with Crippen LogP contribution in [-0.4, -0.2) is 52.5 Å². The summed E-state index contributed by atoms with van der Waals surface area (Å²) in [5.41, 5.74) is 3.25. The van der Waals surface area contributed by atoms with Crippen LogP contribution in [0.3, 0.4) is 0 Å². The molecular weight excluding hydrogens is 524 g/mol. The van der Waals surface area contributed by atoms with E-state index in [0.717, 1.165) is 16.7 Å². The minimum absolute atomic E-state index is 0.0439. The third-order valence-corrected chi connectivity index (χ3v) is 6.19. The second kappa shape index (κ2) is 14.9. The number of aromatic nitrogens is 2. The lowest BCUT2D eigenvalue weighted by Crippen LogP contribution is -2.51. The monoisotopic (exact) mass is 556 g/mol. The Labute approximate surface area is 238 Å². The molecule has 0 radical (unpaired) electrons. The molecule has 4 aromatic rings. The van der Waals surface area contributed by atoms with E-state index in [2.05, 4.69) is 15.3 Å². The number of rotatable bonds is 13. The molecule has 212 valence electrons. The molecule has 10 nitrogen and oxygen atoms in total. The number of alkyl carbamates (subject to hydrolysis) is 1. The van der Waals surface area contributed by atoms with Gasteiger partial charge in [-0.15, -0.1) is 0 Å². The SMILES string of the molecule is COC(=O)CN(Cc1ccc(OCc2ccccc2)cc1)C(=O)C(Cc1cnc[nH]1)NC(=O)OCc1ccccc1. The van der Waals surface area contributed by atoms with E-state index in [0.29, 0.717) is 18.1 Å². The van der Waals surface area contributed by atoms with E-state index >= 15 is 0 Å². The number of carbonyl (C=O) groups is 3. The summed E-state index contributed by atoms with van der Waals surface area (Å²) in [7, 11) is 1.26. The standard InChI is InChI=1S/C31H32N4O6/c1-39-29(36)19-35(18-23-12-14-27(15-13-23)40-20-24-8-4-2-5-9-24)30(37)28(16-26-17-32-22-33-26)34-31(38)41-21-25-10-6-3-7-11-25/h2-15,17,22,28H,16,18-21H2,1H3,(H,32,33)(H,34,38). The average Bonchev–Trinajstić information content (AvgIpc) is 3.53. The van der Waals surface area contributed by atoms with Gasteiger partial charge in [-0.25, -0.2) is 9.78 Å². The fourth-order valence-corrected chi connectivity index (χ4v) is 4.03. The molecule has 1 unspecified atom stereocenters. The van der Waals surface area contributed by atoms with E-state index in [4.69, 9.17) is 14.2 Å². The number of benzene rings is 3. The smallest absolute Gasteiger partial charge is 0.408 e. The van der Waals surface area contributed by atoms with Crippen molar-refractivity contribution in [1.29, 1.82) is 0 Å². The molecule has 0 saturated carbocycles. The first-order valence-corrected chi connectivity index (χ1v) is 13.1. The molecule has 0 aliphatic heterocycles. The summed E-state index contributed by atoms with van der Waals surface area (Å²) in [6.07, 6.45) is 2.40. The number of carbonyl (C=O) groups excluding carboxylic acids is 3. The van der Waals surface area contributed by atoms with E-state index in [9.17, 15) is 14.4 Å². The van der Waals surface area contributed by atoms with E-state index < -0.39 is 24.0 Å². The van der Waals surface area contributed by atoms with Crippen molar-refractivity contribution in [3.05, 3.63) is 120 Å². The molecule has 0 fully saturated rings. The highest BCUT2D eigenvalue weighted by molar-refractivity contribution is 5.88. The molecular formula is C31H32N4O6. The zero-order valence-electron chi connectivity index (χ0n) is 22.7. The number of nitrogens with zero attached hydrogens (tertiary/aromatic N) is 2. The largest absolute Gasteiger partial charge is 0.489 e. The number of imidazole rings is 1. The van der Waals surface area contributed by atoms with Crippen LogP contribution in [0.2, 0.25) is 0 Å². The first-order chi connectivity index (χ1) is 20.0. The number of amides is 2. The Kier molecular flexibility index (Phi) is 10.5. The molecule has 0 bridgehead atoms. The predicted molar refractivity (Wildman–Crippen MR) is 150 cm³/mol. The second-order valence-corrected chi connectivity index (χ2v) is 9.23. The zero-order valence-corrected chi connectivity index (χ0v) is 22.7. The van der Waals surface area contributed by atoms with Crippen LogP contribution < -0.4 is 10.1 Å². The fourth-order valence-electron chi connectivity index (χ4n) is 4.03. The zero-order chi connectivity index (χ0) is 28.9. The van der Waals surface area contributed by atoms with Gasteiger partial charge < -0.3 is 29.4 Å². The minimum Gasteiger partial charge on any atom is -0.489 e. The first-order valence-electron chi connectivity index (χ1n) is 13.1. The van der Waals surface area contributed by atoms with Gasteiger partial charge in [-0.05, 0) is 28.8 Å². The van der Waals surface area contributed by atoms with Gasteiger partial charge in [0.05, 0.1) is 13.4 Å². The van der Waals surface area contributed by atoms with Gasteiger partial charge in [-0.1, -0.05) is 72.8 Å². The molecule has 2 amide bonds. The molecule has 0 aliphatic rings. The van der Waals surface area contributed by atoms with E-state index in [1.807, 2.05) is 72.8 Å². The van der Waals surface area contributed by atoms with E-state index in [-0.39, 0.29) is 26.1 Å². The fraction of sp³-hybridized carbons (Fsp3) is 0.226. The Bertz CT molecular complexity index is 1380. The van der Waals surface area contributed by atoms with Crippen molar-refractivity contribution in [3.8, 4) is 5.75 Å². The van der Waals surface area contributed by atoms with Gasteiger partial charge in [0.1, 0.15) is 31.5 Å². The van der Waals surface area contributed by atoms with Gasteiger partial charge in [-0.3, -0.25) is 9.59 Å². The number of H-pyrrole nitrogens is 1. The number of aromatic amines is 1. The number of methoxy groups -OCH3 is 1. The van der Waals surface area contributed by atoms with Crippen LogP contribution in [0.5, 0.6) is 5.75 Å². The Morgan fingerprint density at radius 1 is 0.878 bits per heavy atom. The molecule has 4 rings (SSSR count). The topological polar surface area (TPSA) is 123 Å². The van der Waals surface area contributed by atoms with Gasteiger partial charge in [0.2, 0.25) is 5.91 Å². The van der Waals surface area contributed by atoms with Crippen LogP contribution in [0.15, 0.2) is 97.5 Å². The Morgan fingerprint density at radius 2 is 1.54 bits per heavy atom. The normalized spacial score (nSPS) is 11.2. The van der Waals surface area contributed by atoms with E-state index in [1.165, 1.54) is 18.3 Å². The minimum atomic E-state index is -1.03. The van der Waals surface area contributed by atoms with Crippen molar-refractivity contribution in [2.24, 2.45) is 0 Å². The lowest BCUT2D eigenvalue weighted by Gasteiger charge is -2.27. The third kappa shape index (κ3) is 9.24. The molecule has 0 spiro atoms. The summed E-state index contributed by atoms with van der Waals surface area (Å²) in [4.78, 5) is 47.0. The lowest BCUT2D eigenvalue weighted by atomic mass is 10.1. The molecule has 1 aromatic heterocycles. The molecule has 2 N–H and O–H groups in total. The maximum Gasteiger partial charge on any atom is 0.408 e. The number of nitrogens with one attached hydrogen (secondary N) is 2. The molecule has 10 heteroatoms. The van der Waals surface area contributed by atoms with Crippen LogP contribution in [0, 0.1) is 0 Å². The number of hydrogen-bond acceptors (Lipinski definition) is 7. The summed E-state index contributed by atoms with van der Waals surface area (Å²) in [6.45, 7) is 0.269. The van der Waals surface area contributed by atoms with Crippen molar-refractivity contribution in [1.82, 2.24) is 20.2 Å². The summed E-state index contributed by atoms with van der Waals surface area (Å²) in [5, 5.41) is 2.65. The molecule has 0 aliphatic carbocycles. The van der Waals surface area contributed by atoms with Crippen LogP contribution in [0.4, 0.5) is 4.79 Å². The first kappa shape index (κ1) is 28.9. The quantitative estimate of drug-likeness (QED) is 0.238. The molecule has 0 saturated heterocycles. The summed E-state index contributed by atoms with van der Waals surface area (Å²) >= 11 is 0. The second-order valence-electron chi connectivity index (χ2n) is 9.23. The molecule has 1 heterocycles. The summed E-state index contributed by atoms with van der Waals surface area (Å²) in [5.74, 6) is -0.400. The predicted octanol–water partition coefficient (Wildman–Crippen LogP) is 4.03. The maximum absolute atomic E-state index is 13.8. The van der Waals surface area contributed by atoms with Crippen LogP contribution in [0.1, 0.15) is 22.4 Å². The van der Waals surface area contributed by atoms with Gasteiger partial charge in [0.25, 0.3) is 0 Å². The molecule has 41 heavy (non-hydrogen) atoms. The van der Waals surface area contributed by atoms with E-state index in [1.54, 1.807) is 18.3 Å². The summed E-state index contributed by atoms with van der Waals surface area (Å²) < 4.78 is 16.0. The van der Waals surface area contributed by atoms with Crippen LogP contribution in [-0.2, 0) is 45.2 Å². The Balaban J connectivity index is 1.44. The number of ether oxygens (including phenoxy) is 3. The van der Waals surface area contributed by atoms with Gasteiger partial charge in [0, 0.05) is 24.9 Å². The summed E-state index contributed by atoms with van der Waals surface area (Å²) in [6, 6.07) is 25.2. The Morgan fingerprint density at radius 3 is 2.15 bits per heavy atom.